The molecule has 6 nitrogen and oxygen atoms in total. The maximum absolute atomic E-state index is 12.8. The average Bonchev–Trinajstić information content (AvgIpc) is 3.02. The van der Waals surface area contributed by atoms with Gasteiger partial charge in [0.25, 0.3) is 0 Å². The van der Waals surface area contributed by atoms with Gasteiger partial charge in [0.1, 0.15) is 0 Å². The molecule has 2 aliphatic rings. The first-order valence-corrected chi connectivity index (χ1v) is 9.79. The Morgan fingerprint density at radius 1 is 1.12 bits per heavy atom. The predicted octanol–water partition coefficient (Wildman–Crippen LogP) is 2.13. The van der Waals surface area contributed by atoms with Crippen LogP contribution in [0.3, 0.4) is 0 Å². The van der Waals surface area contributed by atoms with Gasteiger partial charge in [-0.1, -0.05) is 35.8 Å². The normalized spacial score (nSPS) is 20.8. The van der Waals surface area contributed by atoms with Gasteiger partial charge in [0.2, 0.25) is 17.7 Å². The van der Waals surface area contributed by atoms with Gasteiger partial charge in [-0.05, 0) is 18.2 Å². The van der Waals surface area contributed by atoms with E-state index in [-0.39, 0.29) is 36.0 Å². The number of benzene rings is 1. The number of rotatable bonds is 3. The van der Waals surface area contributed by atoms with E-state index in [1.165, 1.54) is 0 Å². The lowest BCUT2D eigenvalue weighted by molar-refractivity contribution is -0.143. The molecule has 26 heavy (non-hydrogen) atoms. The summed E-state index contributed by atoms with van der Waals surface area (Å²) in [5.41, 5.74) is 0.812. The topological polar surface area (TPSA) is 60.9 Å². The van der Waals surface area contributed by atoms with Gasteiger partial charge in [-0.2, -0.15) is 0 Å². The van der Waals surface area contributed by atoms with Gasteiger partial charge < -0.3 is 14.7 Å². The molecule has 2 fully saturated rings. The highest BCUT2D eigenvalue weighted by atomic mass is 79.9. The van der Waals surface area contributed by atoms with Crippen LogP contribution in [0.1, 0.15) is 20.3 Å². The van der Waals surface area contributed by atoms with E-state index in [1.807, 2.05) is 43.0 Å². The fourth-order valence-electron chi connectivity index (χ4n) is 3.54. The van der Waals surface area contributed by atoms with Gasteiger partial charge >= 0.3 is 0 Å². The number of anilines is 1. The van der Waals surface area contributed by atoms with Crippen LogP contribution in [0.15, 0.2) is 28.7 Å². The molecule has 0 aliphatic carbocycles. The van der Waals surface area contributed by atoms with Crippen LogP contribution in [0, 0.1) is 11.8 Å². The molecular formula is C19H24BrN3O3. The number of nitrogens with zero attached hydrogens (tertiary/aromatic N) is 3. The van der Waals surface area contributed by atoms with Crippen molar-refractivity contribution >= 4 is 39.3 Å². The van der Waals surface area contributed by atoms with Crippen molar-refractivity contribution in [1.82, 2.24) is 9.80 Å². The monoisotopic (exact) mass is 421 g/mol. The zero-order chi connectivity index (χ0) is 18.8. The Kier molecular flexibility index (Phi) is 5.65. The molecule has 1 atom stereocenters. The summed E-state index contributed by atoms with van der Waals surface area (Å²) in [6, 6.07) is 7.56. The van der Waals surface area contributed by atoms with E-state index in [4.69, 9.17) is 0 Å². The Hall–Kier alpha value is -1.89. The van der Waals surface area contributed by atoms with Crippen molar-refractivity contribution < 1.29 is 14.4 Å². The van der Waals surface area contributed by atoms with Crippen LogP contribution in [-0.4, -0.2) is 60.2 Å². The standard InChI is InChI=1S/C19H24BrN3O3/c1-13(2)18(25)21-6-8-22(9-7-21)19(26)14-10-17(24)23(12-14)16-5-3-4-15(20)11-16/h3-5,11,13-14H,6-10,12H2,1-2H3/t14-/m1/s1. The zero-order valence-electron chi connectivity index (χ0n) is 15.2. The second-order valence-electron chi connectivity index (χ2n) is 7.19. The number of carbonyl (C=O) groups is 3. The van der Waals surface area contributed by atoms with Gasteiger partial charge in [0.05, 0.1) is 5.92 Å². The van der Waals surface area contributed by atoms with E-state index in [0.717, 1.165) is 10.2 Å². The molecule has 3 amide bonds. The van der Waals surface area contributed by atoms with Gasteiger partial charge in [-0.3, -0.25) is 14.4 Å². The van der Waals surface area contributed by atoms with Crippen molar-refractivity contribution in [3.63, 3.8) is 0 Å². The summed E-state index contributed by atoms with van der Waals surface area (Å²) in [5, 5.41) is 0. The van der Waals surface area contributed by atoms with Crippen LogP contribution in [0.5, 0.6) is 0 Å². The third-order valence-corrected chi connectivity index (χ3v) is 5.48. The van der Waals surface area contributed by atoms with Crippen LogP contribution < -0.4 is 4.90 Å². The third-order valence-electron chi connectivity index (χ3n) is 4.99. The van der Waals surface area contributed by atoms with Crippen LogP contribution in [0.25, 0.3) is 0 Å². The summed E-state index contributed by atoms with van der Waals surface area (Å²) >= 11 is 3.42. The molecule has 3 rings (SSSR count). The number of hydrogen-bond acceptors (Lipinski definition) is 3. The smallest absolute Gasteiger partial charge is 0.228 e. The van der Waals surface area contributed by atoms with Crippen molar-refractivity contribution in [1.29, 1.82) is 0 Å². The highest BCUT2D eigenvalue weighted by Crippen LogP contribution is 2.28. The van der Waals surface area contributed by atoms with E-state index >= 15 is 0 Å². The molecule has 0 bridgehead atoms. The minimum atomic E-state index is -0.311. The molecule has 0 spiro atoms. The molecule has 7 heteroatoms. The summed E-state index contributed by atoms with van der Waals surface area (Å²) in [7, 11) is 0. The Balaban J connectivity index is 1.60. The molecule has 0 unspecified atom stereocenters. The summed E-state index contributed by atoms with van der Waals surface area (Å²) in [5.74, 6) is -0.200. The molecule has 0 N–H and O–H groups in total. The Bertz CT molecular complexity index is 714. The summed E-state index contributed by atoms with van der Waals surface area (Å²) in [6.45, 7) is 6.41. The molecule has 1 aromatic carbocycles. The molecule has 2 aliphatic heterocycles. The first-order valence-electron chi connectivity index (χ1n) is 9.00. The van der Waals surface area contributed by atoms with Crippen LogP contribution in [0.4, 0.5) is 5.69 Å². The summed E-state index contributed by atoms with van der Waals surface area (Å²) < 4.78 is 0.906. The lowest BCUT2D eigenvalue weighted by atomic mass is 10.1. The number of amides is 3. The number of carbonyl (C=O) groups excluding carboxylic acids is 3. The molecule has 2 heterocycles. The average molecular weight is 422 g/mol. The van der Waals surface area contributed by atoms with E-state index < -0.39 is 0 Å². The van der Waals surface area contributed by atoms with E-state index in [2.05, 4.69) is 15.9 Å². The number of hydrogen-bond donors (Lipinski definition) is 0. The molecular weight excluding hydrogens is 398 g/mol. The number of piperazine rings is 1. The van der Waals surface area contributed by atoms with Crippen LogP contribution >= 0.6 is 15.9 Å². The quantitative estimate of drug-likeness (QED) is 0.750. The van der Waals surface area contributed by atoms with E-state index in [1.54, 1.807) is 9.80 Å². The van der Waals surface area contributed by atoms with Gasteiger partial charge in [0, 0.05) is 55.2 Å². The minimum Gasteiger partial charge on any atom is -0.339 e. The lowest BCUT2D eigenvalue weighted by Crippen LogP contribution is -2.53. The Morgan fingerprint density at radius 3 is 2.38 bits per heavy atom. The highest BCUT2D eigenvalue weighted by Gasteiger charge is 2.38. The maximum Gasteiger partial charge on any atom is 0.228 e. The van der Waals surface area contributed by atoms with Gasteiger partial charge in [0.15, 0.2) is 0 Å². The van der Waals surface area contributed by atoms with Crippen molar-refractivity contribution in [2.75, 3.05) is 37.6 Å². The summed E-state index contributed by atoms with van der Waals surface area (Å²) in [6.07, 6.45) is 0.247. The Morgan fingerprint density at radius 2 is 1.77 bits per heavy atom. The SMILES string of the molecule is CC(C)C(=O)N1CCN(C(=O)[C@@H]2CC(=O)N(c3cccc(Br)c3)C2)CC1. The van der Waals surface area contributed by atoms with Gasteiger partial charge in [-0.15, -0.1) is 0 Å². The maximum atomic E-state index is 12.8. The first-order chi connectivity index (χ1) is 12.4. The predicted molar refractivity (Wildman–Crippen MR) is 103 cm³/mol. The minimum absolute atomic E-state index is 0.0185. The fourth-order valence-corrected chi connectivity index (χ4v) is 3.92. The zero-order valence-corrected chi connectivity index (χ0v) is 16.7. The van der Waals surface area contributed by atoms with Crippen molar-refractivity contribution in [3.8, 4) is 0 Å². The molecule has 1 aromatic rings. The molecule has 0 saturated carbocycles. The number of halogens is 1. The van der Waals surface area contributed by atoms with Crippen LogP contribution in [-0.2, 0) is 14.4 Å². The second-order valence-corrected chi connectivity index (χ2v) is 8.11. The van der Waals surface area contributed by atoms with Crippen molar-refractivity contribution in [2.45, 2.75) is 20.3 Å². The van der Waals surface area contributed by atoms with Gasteiger partial charge in [-0.25, -0.2) is 0 Å². The van der Waals surface area contributed by atoms with Crippen molar-refractivity contribution in [3.05, 3.63) is 28.7 Å². The Labute approximate surface area is 162 Å². The van der Waals surface area contributed by atoms with E-state index in [0.29, 0.717) is 32.7 Å². The molecule has 2 saturated heterocycles. The van der Waals surface area contributed by atoms with Crippen molar-refractivity contribution in [2.24, 2.45) is 11.8 Å². The summed E-state index contributed by atoms with van der Waals surface area (Å²) in [4.78, 5) is 42.6. The van der Waals surface area contributed by atoms with Crippen LogP contribution in [0.2, 0.25) is 0 Å². The molecule has 140 valence electrons. The third kappa shape index (κ3) is 3.92. The molecule has 0 aromatic heterocycles. The molecule has 0 radical (unpaired) electrons. The second kappa shape index (κ2) is 7.78. The first kappa shape index (κ1) is 18.9. The highest BCUT2D eigenvalue weighted by molar-refractivity contribution is 9.10. The fraction of sp³-hybridized carbons (Fsp3) is 0.526. The lowest BCUT2D eigenvalue weighted by Gasteiger charge is -2.36. The largest absolute Gasteiger partial charge is 0.339 e. The van der Waals surface area contributed by atoms with E-state index in [9.17, 15) is 14.4 Å².